The third-order valence-electron chi connectivity index (χ3n) is 3.21. The van der Waals surface area contributed by atoms with Gasteiger partial charge in [0.05, 0.1) is 0 Å². The maximum absolute atomic E-state index is 12.4. The fourth-order valence-electron chi connectivity index (χ4n) is 2.13. The van der Waals surface area contributed by atoms with Crippen molar-refractivity contribution in [3.63, 3.8) is 0 Å². The number of hydrogen-bond acceptors (Lipinski definition) is 4. The number of benzene rings is 1. The molecule has 2 rings (SSSR count). The number of rotatable bonds is 5. The molecule has 1 aromatic carbocycles. The van der Waals surface area contributed by atoms with Crippen molar-refractivity contribution in [3.05, 3.63) is 72.0 Å². The van der Waals surface area contributed by atoms with Crippen LogP contribution in [-0.4, -0.2) is 17.7 Å². The summed E-state index contributed by atoms with van der Waals surface area (Å²) >= 11 is 0. The van der Waals surface area contributed by atoms with Crippen molar-refractivity contribution < 1.29 is 19.1 Å². The molecule has 1 amide bonds. The number of alkyl carbamates (subject to hydrolysis) is 1. The van der Waals surface area contributed by atoms with Gasteiger partial charge in [-0.1, -0.05) is 54.6 Å². The quantitative estimate of drug-likeness (QED) is 0.652. The number of carbonyl (C=O) groups is 2. The second-order valence-corrected chi connectivity index (χ2v) is 6.62. The molecular weight excluding hydrogens is 318 g/mol. The summed E-state index contributed by atoms with van der Waals surface area (Å²) in [6, 6.07) is 9.35. The van der Waals surface area contributed by atoms with E-state index >= 15 is 0 Å². The highest BCUT2D eigenvalue weighted by atomic mass is 16.6. The monoisotopic (exact) mass is 341 g/mol. The van der Waals surface area contributed by atoms with Crippen LogP contribution in [0.15, 0.2) is 66.4 Å². The van der Waals surface area contributed by atoms with E-state index in [9.17, 15) is 9.59 Å². The Balaban J connectivity index is 2.05. The van der Waals surface area contributed by atoms with Crippen LogP contribution >= 0.6 is 0 Å². The smallest absolute Gasteiger partial charge is 0.412 e. The maximum atomic E-state index is 12.4. The largest absolute Gasteiger partial charge is 0.456 e. The Bertz CT molecular complexity index is 684. The number of amides is 1. The minimum atomic E-state index is -0.693. The zero-order valence-electron chi connectivity index (χ0n) is 14.7. The molecule has 5 heteroatoms. The molecule has 1 aliphatic carbocycles. The van der Waals surface area contributed by atoms with Crippen molar-refractivity contribution >= 4 is 12.1 Å². The van der Waals surface area contributed by atoms with E-state index in [1.165, 1.54) is 0 Å². The van der Waals surface area contributed by atoms with Gasteiger partial charge in [-0.2, -0.15) is 0 Å². The predicted octanol–water partition coefficient (Wildman–Crippen LogP) is 3.88. The summed E-state index contributed by atoms with van der Waals surface area (Å²) in [4.78, 5) is 24.4. The molecule has 0 saturated heterocycles. The lowest BCUT2D eigenvalue weighted by Gasteiger charge is -2.20. The minimum Gasteiger partial charge on any atom is -0.456 e. The maximum Gasteiger partial charge on any atom is 0.412 e. The van der Waals surface area contributed by atoms with Gasteiger partial charge < -0.3 is 9.47 Å². The van der Waals surface area contributed by atoms with Crippen LogP contribution in [0.25, 0.3) is 0 Å². The molecule has 0 atom stereocenters. The zero-order valence-corrected chi connectivity index (χ0v) is 14.7. The predicted molar refractivity (Wildman–Crippen MR) is 95.5 cm³/mol. The first-order chi connectivity index (χ1) is 11.8. The van der Waals surface area contributed by atoms with Gasteiger partial charge in [0, 0.05) is 5.92 Å². The second-order valence-electron chi connectivity index (χ2n) is 6.62. The molecule has 25 heavy (non-hydrogen) atoms. The summed E-state index contributed by atoms with van der Waals surface area (Å²) in [7, 11) is 0. The lowest BCUT2D eigenvalue weighted by atomic mass is 10.1. The highest BCUT2D eigenvalue weighted by Gasteiger charge is 2.21. The molecule has 132 valence electrons. The Kier molecular flexibility index (Phi) is 6.17. The number of ether oxygens (including phenoxy) is 2. The topological polar surface area (TPSA) is 64.6 Å². The first-order valence-electron chi connectivity index (χ1n) is 8.11. The summed E-state index contributed by atoms with van der Waals surface area (Å²) in [5.41, 5.74) is 0.274. The van der Waals surface area contributed by atoms with Gasteiger partial charge in [0.15, 0.2) is 0 Å². The normalized spacial score (nSPS) is 14.4. The van der Waals surface area contributed by atoms with Gasteiger partial charge in [0.1, 0.15) is 17.9 Å². The van der Waals surface area contributed by atoms with Crippen LogP contribution in [0.2, 0.25) is 0 Å². The Hall–Kier alpha value is -2.82. The summed E-state index contributed by atoms with van der Waals surface area (Å²) < 4.78 is 10.5. The molecule has 0 radical (unpaired) electrons. The van der Waals surface area contributed by atoms with Crippen LogP contribution in [0.5, 0.6) is 0 Å². The van der Waals surface area contributed by atoms with Crippen molar-refractivity contribution in [2.45, 2.75) is 33.0 Å². The number of hydrogen-bond donors (Lipinski definition) is 1. The Labute approximate surface area is 148 Å². The molecule has 0 bridgehead atoms. The van der Waals surface area contributed by atoms with Gasteiger partial charge in [0.25, 0.3) is 0 Å². The minimum absolute atomic E-state index is 0.0615. The molecule has 1 aromatic rings. The van der Waals surface area contributed by atoms with Crippen molar-refractivity contribution in [2.24, 2.45) is 5.92 Å². The van der Waals surface area contributed by atoms with Crippen LogP contribution in [-0.2, 0) is 20.9 Å². The van der Waals surface area contributed by atoms with E-state index in [4.69, 9.17) is 9.47 Å². The van der Waals surface area contributed by atoms with Crippen LogP contribution in [0.1, 0.15) is 26.3 Å². The lowest BCUT2D eigenvalue weighted by molar-refractivity contribution is -0.140. The van der Waals surface area contributed by atoms with E-state index in [0.29, 0.717) is 0 Å². The van der Waals surface area contributed by atoms with E-state index in [-0.39, 0.29) is 18.2 Å². The second kappa shape index (κ2) is 8.33. The molecule has 5 nitrogen and oxygen atoms in total. The molecular formula is C20H23NO4. The average molecular weight is 341 g/mol. The molecule has 0 saturated carbocycles. The van der Waals surface area contributed by atoms with Crippen molar-refractivity contribution in [2.75, 3.05) is 0 Å². The first kappa shape index (κ1) is 18.5. The van der Waals surface area contributed by atoms with Gasteiger partial charge in [-0.25, -0.2) is 9.59 Å². The van der Waals surface area contributed by atoms with Crippen LogP contribution in [0.3, 0.4) is 0 Å². The molecule has 0 fully saturated rings. The summed E-state index contributed by atoms with van der Waals surface area (Å²) in [5, 5.41) is 2.49. The van der Waals surface area contributed by atoms with Gasteiger partial charge in [-0.3, -0.25) is 5.32 Å². The Morgan fingerprint density at radius 1 is 1.12 bits per heavy atom. The molecule has 0 aromatic heterocycles. The SMILES string of the molecule is CC(C)(C)OC(=O)N/C(=C\C1C=CC=C1)C(=O)OCc1ccccc1. The van der Waals surface area contributed by atoms with E-state index in [2.05, 4.69) is 5.32 Å². The van der Waals surface area contributed by atoms with Gasteiger partial charge in [-0.15, -0.1) is 0 Å². The summed E-state index contributed by atoms with van der Waals surface area (Å²) in [6.07, 6.45) is 8.50. The third-order valence-corrected chi connectivity index (χ3v) is 3.21. The van der Waals surface area contributed by atoms with Gasteiger partial charge in [0.2, 0.25) is 0 Å². The third kappa shape index (κ3) is 6.67. The van der Waals surface area contributed by atoms with Gasteiger partial charge in [-0.05, 0) is 32.4 Å². The van der Waals surface area contributed by atoms with E-state index in [0.717, 1.165) is 5.56 Å². The van der Waals surface area contributed by atoms with Crippen molar-refractivity contribution in [3.8, 4) is 0 Å². The van der Waals surface area contributed by atoms with Crippen LogP contribution in [0.4, 0.5) is 4.79 Å². The van der Waals surface area contributed by atoms with Gasteiger partial charge >= 0.3 is 12.1 Å². The lowest BCUT2D eigenvalue weighted by Crippen LogP contribution is -2.35. The standard InChI is InChI=1S/C20H23NO4/c1-20(2,3)25-19(23)21-17(13-15-9-7-8-10-15)18(22)24-14-16-11-5-4-6-12-16/h4-13,15H,14H2,1-3H3,(H,21,23)/b17-13-. The Morgan fingerprint density at radius 2 is 1.76 bits per heavy atom. The highest BCUT2D eigenvalue weighted by Crippen LogP contribution is 2.14. The molecule has 0 aliphatic heterocycles. The number of carbonyl (C=O) groups excluding carboxylic acids is 2. The summed E-state index contributed by atoms with van der Waals surface area (Å²) in [5.74, 6) is -0.683. The number of allylic oxidation sites excluding steroid dienone is 5. The molecule has 1 N–H and O–H groups in total. The van der Waals surface area contributed by atoms with Crippen LogP contribution in [0, 0.1) is 5.92 Å². The van der Waals surface area contributed by atoms with Crippen molar-refractivity contribution in [1.82, 2.24) is 5.32 Å². The highest BCUT2D eigenvalue weighted by molar-refractivity contribution is 5.92. The Morgan fingerprint density at radius 3 is 2.36 bits per heavy atom. The average Bonchev–Trinajstić information content (AvgIpc) is 3.04. The number of esters is 1. The molecule has 0 heterocycles. The first-order valence-corrected chi connectivity index (χ1v) is 8.11. The van der Waals surface area contributed by atoms with Crippen molar-refractivity contribution in [1.29, 1.82) is 0 Å². The molecule has 0 unspecified atom stereocenters. The van der Waals surface area contributed by atoms with E-state index in [1.807, 2.05) is 54.6 Å². The number of nitrogens with one attached hydrogen (secondary N) is 1. The van der Waals surface area contributed by atoms with E-state index < -0.39 is 17.7 Å². The molecule has 0 spiro atoms. The molecule has 1 aliphatic rings. The fourth-order valence-corrected chi connectivity index (χ4v) is 2.13. The summed E-state index contributed by atoms with van der Waals surface area (Å²) in [6.45, 7) is 5.40. The zero-order chi connectivity index (χ0) is 18.3. The van der Waals surface area contributed by atoms with Crippen LogP contribution < -0.4 is 5.32 Å². The fraction of sp³-hybridized carbons (Fsp3) is 0.300. The van der Waals surface area contributed by atoms with E-state index in [1.54, 1.807) is 26.8 Å².